The minimum Gasteiger partial charge on any atom is -0.458 e. The molecule has 0 aromatic heterocycles. The van der Waals surface area contributed by atoms with Crippen molar-refractivity contribution in [3.63, 3.8) is 0 Å². The maximum Gasteiger partial charge on any atom is 0.337 e. The summed E-state index contributed by atoms with van der Waals surface area (Å²) in [6.45, 7) is -0.377. The number of aliphatic hydroxyl groups is 1. The molecule has 3 saturated heterocycles. The Balaban J connectivity index is 1.24. The first-order valence-corrected chi connectivity index (χ1v) is 12.5. The van der Waals surface area contributed by atoms with Crippen LogP contribution in [0.2, 0.25) is 0 Å². The molecule has 1 aromatic rings. The van der Waals surface area contributed by atoms with E-state index >= 15 is 0 Å². The molecule has 4 fully saturated rings. The quantitative estimate of drug-likeness (QED) is 0.354. The number of carbonyl (C=O) groups is 2. The van der Waals surface area contributed by atoms with Crippen molar-refractivity contribution in [2.24, 2.45) is 11.8 Å². The van der Waals surface area contributed by atoms with E-state index in [1.165, 1.54) is 12.1 Å². The van der Waals surface area contributed by atoms with Crippen LogP contribution in [0.15, 0.2) is 29.2 Å². The van der Waals surface area contributed by atoms with E-state index in [0.29, 0.717) is 12.8 Å². The van der Waals surface area contributed by atoms with E-state index in [0.717, 1.165) is 25.0 Å². The van der Waals surface area contributed by atoms with Gasteiger partial charge in [0.05, 0.1) is 21.7 Å². The lowest BCUT2D eigenvalue weighted by Gasteiger charge is -2.39. The Bertz CT molecular complexity index is 1000. The van der Waals surface area contributed by atoms with Gasteiger partial charge in [-0.05, 0) is 37.1 Å². The topological polar surface area (TPSA) is 136 Å². The summed E-state index contributed by atoms with van der Waals surface area (Å²) in [6, 6.07) is 4.75. The summed E-state index contributed by atoms with van der Waals surface area (Å²) in [5, 5.41) is 11.0. The van der Waals surface area contributed by atoms with Crippen LogP contribution < -0.4 is 4.74 Å². The van der Waals surface area contributed by atoms with Gasteiger partial charge >= 0.3 is 11.9 Å². The molecule has 1 aromatic carbocycles. The van der Waals surface area contributed by atoms with Gasteiger partial charge in [-0.3, -0.25) is 9.35 Å². The Hall–Kier alpha value is -1.66. The van der Waals surface area contributed by atoms with Crippen LogP contribution in [0.5, 0.6) is 5.75 Å². The van der Waals surface area contributed by atoms with Crippen molar-refractivity contribution < 1.29 is 41.9 Å². The number of benzene rings is 1. The van der Waals surface area contributed by atoms with Gasteiger partial charge in [-0.1, -0.05) is 12.8 Å². The third-order valence-corrected chi connectivity index (χ3v) is 9.36. The Morgan fingerprint density at radius 3 is 2.52 bits per heavy atom. The molecule has 0 radical (unpaired) electrons. The Morgan fingerprint density at radius 1 is 1.19 bits per heavy atom. The van der Waals surface area contributed by atoms with Crippen molar-refractivity contribution >= 4 is 33.8 Å². The highest BCUT2D eigenvalue weighted by atomic mass is 32.2. The second-order valence-corrected chi connectivity index (χ2v) is 11.3. The normalized spacial score (nSPS) is 35.4. The van der Waals surface area contributed by atoms with E-state index in [4.69, 9.17) is 18.8 Å². The summed E-state index contributed by atoms with van der Waals surface area (Å²) >= 11 is 1.61. The molecule has 1 aliphatic carbocycles. The lowest BCUT2D eigenvalue weighted by atomic mass is 9.69. The third kappa shape index (κ3) is 3.56. The number of hydrogen-bond acceptors (Lipinski definition) is 9. The zero-order valence-electron chi connectivity index (χ0n) is 16.4. The summed E-state index contributed by atoms with van der Waals surface area (Å²) < 4.78 is 47.7. The van der Waals surface area contributed by atoms with Crippen LogP contribution in [0, 0.1) is 11.8 Å². The molecule has 9 nitrogen and oxygen atoms in total. The van der Waals surface area contributed by atoms with E-state index in [1.54, 1.807) is 11.8 Å². The molecule has 11 heteroatoms. The van der Waals surface area contributed by atoms with Gasteiger partial charge in [0, 0.05) is 11.2 Å². The van der Waals surface area contributed by atoms with Gasteiger partial charge < -0.3 is 19.3 Å². The fraction of sp³-hybridized carbons (Fsp3) is 0.600. The Kier molecular flexibility index (Phi) is 5.09. The second-order valence-electron chi connectivity index (χ2n) is 8.53. The summed E-state index contributed by atoms with van der Waals surface area (Å²) in [4.78, 5) is 24.4. The van der Waals surface area contributed by atoms with Crippen LogP contribution in [-0.2, 0) is 29.2 Å². The fourth-order valence-electron chi connectivity index (χ4n) is 5.48. The van der Waals surface area contributed by atoms with Crippen LogP contribution in [-0.4, -0.2) is 64.9 Å². The summed E-state index contributed by atoms with van der Waals surface area (Å²) in [6.07, 6.45) is 2.23. The minimum absolute atomic E-state index is 0.0684. The highest BCUT2D eigenvalue weighted by Gasteiger charge is 2.71. The minimum atomic E-state index is -4.33. The zero-order valence-corrected chi connectivity index (χ0v) is 18.0. The highest BCUT2D eigenvalue weighted by Crippen LogP contribution is 2.63. The van der Waals surface area contributed by atoms with Crippen molar-refractivity contribution in [3.8, 4) is 5.75 Å². The Morgan fingerprint density at radius 2 is 1.87 bits per heavy atom. The fourth-order valence-corrected chi connectivity index (χ4v) is 8.12. The molecule has 4 aliphatic rings. The van der Waals surface area contributed by atoms with E-state index in [1.807, 2.05) is 0 Å². The van der Waals surface area contributed by atoms with Gasteiger partial charge in [0.15, 0.2) is 0 Å². The first-order chi connectivity index (χ1) is 14.7. The van der Waals surface area contributed by atoms with Crippen LogP contribution in [0.25, 0.3) is 0 Å². The number of carbonyl (C=O) groups excluding carboxylic acids is 2. The van der Waals surface area contributed by atoms with Gasteiger partial charge in [-0.15, -0.1) is 11.8 Å². The predicted octanol–water partition coefficient (Wildman–Crippen LogP) is 1.18. The van der Waals surface area contributed by atoms with Gasteiger partial charge in [0.1, 0.15) is 24.6 Å². The molecule has 2 bridgehead atoms. The van der Waals surface area contributed by atoms with Gasteiger partial charge in [0.25, 0.3) is 10.1 Å². The molecule has 3 aliphatic heterocycles. The van der Waals surface area contributed by atoms with Gasteiger partial charge in [-0.2, -0.15) is 8.42 Å². The maximum atomic E-state index is 12.5. The van der Waals surface area contributed by atoms with E-state index in [2.05, 4.69) is 0 Å². The lowest BCUT2D eigenvalue weighted by Crippen LogP contribution is -2.53. The summed E-state index contributed by atoms with van der Waals surface area (Å²) in [7, 11) is -4.33. The average molecular weight is 471 g/mol. The molecule has 0 spiro atoms. The molecule has 6 atom stereocenters. The standard InChI is InChI=1S/C20H22O9S2/c21-12(28-10-3-5-11(6-4-10)31(24,25)26)9-27-15-16-17-13(19(22)29-16)14(18(15)30-17)20(23)7-1-2-8-20/h3-6,13-18,23H,1-2,7-9H2,(H,24,25,26). The van der Waals surface area contributed by atoms with E-state index < -0.39 is 33.9 Å². The zero-order chi connectivity index (χ0) is 22.0. The Labute approximate surface area is 183 Å². The molecule has 168 valence electrons. The molecule has 31 heavy (non-hydrogen) atoms. The predicted molar refractivity (Wildman–Crippen MR) is 107 cm³/mol. The molecular weight excluding hydrogens is 448 g/mol. The van der Waals surface area contributed by atoms with Crippen molar-refractivity contribution in [2.45, 2.75) is 58.9 Å². The van der Waals surface area contributed by atoms with Crippen LogP contribution >= 0.6 is 11.8 Å². The van der Waals surface area contributed by atoms with Crippen molar-refractivity contribution in [2.75, 3.05) is 6.61 Å². The van der Waals surface area contributed by atoms with E-state index in [9.17, 15) is 23.1 Å². The largest absolute Gasteiger partial charge is 0.458 e. The first-order valence-electron chi connectivity index (χ1n) is 10.2. The van der Waals surface area contributed by atoms with E-state index in [-0.39, 0.29) is 45.6 Å². The van der Waals surface area contributed by atoms with Crippen molar-refractivity contribution in [3.05, 3.63) is 24.3 Å². The van der Waals surface area contributed by atoms with Crippen LogP contribution in [0.1, 0.15) is 25.7 Å². The number of thioether (sulfide) groups is 1. The highest BCUT2D eigenvalue weighted by molar-refractivity contribution is 8.01. The van der Waals surface area contributed by atoms with Crippen molar-refractivity contribution in [1.82, 2.24) is 0 Å². The number of fused-ring (bicyclic) bond motifs is 1. The maximum absolute atomic E-state index is 12.5. The molecule has 1 saturated carbocycles. The SMILES string of the molecule is O=C(COC1C2OC(=O)C3C2SC1C3C1(O)CCCC1)Oc1ccc(S(=O)(=O)O)cc1. The molecule has 5 rings (SSSR count). The number of hydrogen-bond donors (Lipinski definition) is 2. The molecular formula is C20H22O9S2. The monoisotopic (exact) mass is 470 g/mol. The van der Waals surface area contributed by atoms with Gasteiger partial charge in [0.2, 0.25) is 0 Å². The van der Waals surface area contributed by atoms with Crippen LogP contribution in [0.4, 0.5) is 0 Å². The number of esters is 2. The van der Waals surface area contributed by atoms with Crippen molar-refractivity contribution in [1.29, 1.82) is 0 Å². The number of rotatable bonds is 6. The first kappa shape index (κ1) is 21.2. The molecule has 3 heterocycles. The second kappa shape index (κ2) is 7.45. The molecule has 2 N–H and O–H groups in total. The number of ether oxygens (including phenoxy) is 3. The third-order valence-electron chi connectivity index (χ3n) is 6.74. The summed E-state index contributed by atoms with van der Waals surface area (Å²) in [5.41, 5.74) is -0.900. The van der Waals surface area contributed by atoms with Crippen LogP contribution in [0.3, 0.4) is 0 Å². The lowest BCUT2D eigenvalue weighted by molar-refractivity contribution is -0.150. The summed E-state index contributed by atoms with van der Waals surface area (Å²) in [5.74, 6) is -1.44. The smallest absolute Gasteiger partial charge is 0.337 e. The average Bonchev–Trinajstić information content (AvgIpc) is 3.43. The molecule has 0 amide bonds. The van der Waals surface area contributed by atoms with Gasteiger partial charge in [-0.25, -0.2) is 4.79 Å². The molecule has 6 unspecified atom stereocenters.